The van der Waals surface area contributed by atoms with Crippen molar-refractivity contribution < 1.29 is 0 Å². The summed E-state index contributed by atoms with van der Waals surface area (Å²) in [5, 5.41) is 0. The van der Waals surface area contributed by atoms with Crippen LogP contribution in [0.1, 0.15) is 11.1 Å². The molecule has 0 aliphatic carbocycles. The molecule has 0 bridgehead atoms. The van der Waals surface area contributed by atoms with Gasteiger partial charge in [-0.2, -0.15) is 0 Å². The van der Waals surface area contributed by atoms with E-state index in [1.807, 2.05) is 18.2 Å². The van der Waals surface area contributed by atoms with Gasteiger partial charge < -0.3 is 0 Å². The molecule has 122 valence electrons. The zero-order chi connectivity index (χ0) is 18.8. The minimum absolute atomic E-state index is 0.873. The summed E-state index contributed by atoms with van der Waals surface area (Å²) in [6, 6.07) is 4.44. The summed E-state index contributed by atoms with van der Waals surface area (Å²) in [5.74, 6) is 0. The number of allylic oxidation sites excluding steroid dienone is 12. The predicted molar refractivity (Wildman–Crippen MR) is 119 cm³/mol. The number of fused-ring (bicyclic) bond motifs is 2. The summed E-state index contributed by atoms with van der Waals surface area (Å²) in [6.07, 6.45) is 11.4. The summed E-state index contributed by atoms with van der Waals surface area (Å²) >= 11 is 0. The molecular formula is C24H20B2. The van der Waals surface area contributed by atoms with Crippen LogP contribution in [0, 0.1) is 0 Å². The fraction of sp³-hybridized carbons (Fsp3) is 0. The standard InChI is InChI=1S/C24H20B2/c1-7-15(5)11-18-20-14-23-19(17(9-3)21(10-4)25-23)13-24(20)26-22(18)12-16(6)8-2/h7-14H,1-6H2/b18-11-,22-12+. The van der Waals surface area contributed by atoms with Crippen LogP contribution >= 0.6 is 0 Å². The topological polar surface area (TPSA) is 0 Å². The third kappa shape index (κ3) is 2.99. The number of benzene rings is 1. The van der Waals surface area contributed by atoms with Gasteiger partial charge in [-0.1, -0.05) is 104 Å². The van der Waals surface area contributed by atoms with Crippen LogP contribution in [0.5, 0.6) is 0 Å². The second kappa shape index (κ2) is 7.09. The molecule has 2 radical (unpaired) electrons. The van der Waals surface area contributed by atoms with Crippen molar-refractivity contribution in [2.45, 2.75) is 0 Å². The number of rotatable bonds is 6. The molecule has 0 nitrogen and oxygen atoms in total. The van der Waals surface area contributed by atoms with Gasteiger partial charge in [0.15, 0.2) is 14.6 Å². The van der Waals surface area contributed by atoms with Gasteiger partial charge in [-0.3, -0.25) is 0 Å². The van der Waals surface area contributed by atoms with E-state index in [4.69, 9.17) is 0 Å². The van der Waals surface area contributed by atoms with E-state index in [0.717, 1.165) is 33.2 Å². The smallest absolute Gasteiger partial charge is 0.0996 e. The first kappa shape index (κ1) is 17.8. The maximum atomic E-state index is 4.05. The molecule has 0 saturated heterocycles. The molecule has 0 atom stereocenters. The normalized spacial score (nSPS) is 17.2. The first-order chi connectivity index (χ1) is 12.5. The largest absolute Gasteiger partial charge is 0.193 e. The van der Waals surface area contributed by atoms with E-state index in [1.165, 1.54) is 22.1 Å². The van der Waals surface area contributed by atoms with Crippen LogP contribution in [0.3, 0.4) is 0 Å². The summed E-state index contributed by atoms with van der Waals surface area (Å²) < 4.78 is 0. The Kier molecular flexibility index (Phi) is 4.86. The monoisotopic (exact) mass is 330 g/mol. The van der Waals surface area contributed by atoms with Crippen molar-refractivity contribution in [3.05, 3.63) is 121 Å². The van der Waals surface area contributed by atoms with Crippen molar-refractivity contribution in [2.75, 3.05) is 0 Å². The van der Waals surface area contributed by atoms with Gasteiger partial charge in [0.1, 0.15) is 0 Å². The molecule has 1 aromatic carbocycles. The molecule has 0 aromatic heterocycles. The van der Waals surface area contributed by atoms with Crippen LogP contribution in [0.25, 0.3) is 11.1 Å². The molecule has 2 heterocycles. The van der Waals surface area contributed by atoms with Gasteiger partial charge in [0.05, 0.1) is 0 Å². The van der Waals surface area contributed by atoms with E-state index < -0.39 is 0 Å². The van der Waals surface area contributed by atoms with Crippen molar-refractivity contribution in [1.29, 1.82) is 0 Å². The average Bonchev–Trinajstić information content (AvgIpc) is 3.16. The molecule has 0 amide bonds. The fourth-order valence-electron chi connectivity index (χ4n) is 3.32. The number of hydrogen-bond acceptors (Lipinski definition) is 0. The first-order valence-electron chi connectivity index (χ1n) is 8.46. The van der Waals surface area contributed by atoms with Crippen molar-refractivity contribution in [1.82, 2.24) is 0 Å². The van der Waals surface area contributed by atoms with Gasteiger partial charge in [-0.05, 0) is 39.5 Å². The highest BCUT2D eigenvalue weighted by atomic mass is 14.2. The van der Waals surface area contributed by atoms with E-state index in [2.05, 4.69) is 72.2 Å². The molecule has 1 aromatic rings. The average molecular weight is 330 g/mol. The maximum Gasteiger partial charge on any atom is 0.193 e. The zero-order valence-electron chi connectivity index (χ0n) is 15.0. The highest BCUT2D eigenvalue weighted by molar-refractivity contribution is 6.71. The first-order valence-corrected chi connectivity index (χ1v) is 8.46. The summed E-state index contributed by atoms with van der Waals surface area (Å²) in [4.78, 5) is 0. The molecule has 2 aliphatic heterocycles. The van der Waals surface area contributed by atoms with Crippen molar-refractivity contribution >= 4 is 36.6 Å². The molecule has 3 rings (SSSR count). The van der Waals surface area contributed by atoms with Crippen molar-refractivity contribution in [3.63, 3.8) is 0 Å². The quantitative estimate of drug-likeness (QED) is 0.542. The Hall–Kier alpha value is -2.99. The Bertz CT molecular complexity index is 978. The van der Waals surface area contributed by atoms with Crippen LogP contribution < -0.4 is 10.9 Å². The van der Waals surface area contributed by atoms with Crippen LogP contribution in [0.4, 0.5) is 0 Å². The highest BCUT2D eigenvalue weighted by Crippen LogP contribution is 2.32. The summed E-state index contributed by atoms with van der Waals surface area (Å²) in [5.41, 5.74) is 10.9. The zero-order valence-corrected chi connectivity index (χ0v) is 15.0. The molecule has 0 fully saturated rings. The van der Waals surface area contributed by atoms with Crippen molar-refractivity contribution in [2.24, 2.45) is 0 Å². The molecule has 0 spiro atoms. The van der Waals surface area contributed by atoms with Crippen LogP contribution in [0.2, 0.25) is 0 Å². The summed E-state index contributed by atoms with van der Waals surface area (Å²) in [7, 11) is 4.34. The fourth-order valence-corrected chi connectivity index (χ4v) is 3.32. The van der Waals surface area contributed by atoms with Gasteiger partial charge in [-0.15, -0.1) is 0 Å². The van der Waals surface area contributed by atoms with Gasteiger partial charge in [0, 0.05) is 0 Å². The molecular weight excluding hydrogens is 310 g/mol. The van der Waals surface area contributed by atoms with Crippen LogP contribution in [-0.4, -0.2) is 14.6 Å². The molecule has 0 unspecified atom stereocenters. The third-order valence-electron chi connectivity index (χ3n) is 4.67. The second-order valence-electron chi connectivity index (χ2n) is 6.31. The lowest BCUT2D eigenvalue weighted by Gasteiger charge is -2.09. The highest BCUT2D eigenvalue weighted by Gasteiger charge is 2.27. The Morgan fingerprint density at radius 1 is 0.769 bits per heavy atom. The van der Waals surface area contributed by atoms with Gasteiger partial charge >= 0.3 is 0 Å². The van der Waals surface area contributed by atoms with Crippen LogP contribution in [0.15, 0.2) is 110 Å². The lowest BCUT2D eigenvalue weighted by Crippen LogP contribution is -2.21. The van der Waals surface area contributed by atoms with Gasteiger partial charge in [-0.25, -0.2) is 0 Å². The minimum Gasteiger partial charge on any atom is -0.0996 e. The van der Waals surface area contributed by atoms with E-state index >= 15 is 0 Å². The Balaban J connectivity index is 2.18. The Morgan fingerprint density at radius 3 is 2.00 bits per heavy atom. The van der Waals surface area contributed by atoms with Crippen LogP contribution in [-0.2, 0) is 0 Å². The molecule has 0 N–H and O–H groups in total. The van der Waals surface area contributed by atoms with Gasteiger partial charge in [0.25, 0.3) is 0 Å². The molecule has 26 heavy (non-hydrogen) atoms. The molecule has 0 saturated carbocycles. The molecule has 2 heteroatoms. The third-order valence-corrected chi connectivity index (χ3v) is 4.67. The van der Waals surface area contributed by atoms with E-state index in [1.54, 1.807) is 12.2 Å². The van der Waals surface area contributed by atoms with E-state index in [9.17, 15) is 0 Å². The maximum absolute atomic E-state index is 4.05. The number of hydrogen-bond donors (Lipinski definition) is 0. The SMILES string of the molecule is C=CC(=C)/C=C1/[B]c2cc3c(cc2/C1=C/C(=C)C=C)[B]C(C=C)=C3C=C. The minimum atomic E-state index is 0.873. The van der Waals surface area contributed by atoms with Gasteiger partial charge in [0.2, 0.25) is 0 Å². The second-order valence-corrected chi connectivity index (χ2v) is 6.31. The Labute approximate surface area is 158 Å². The van der Waals surface area contributed by atoms with E-state index in [0.29, 0.717) is 0 Å². The predicted octanol–water partition coefficient (Wildman–Crippen LogP) is 4.21. The lowest BCUT2D eigenvalue weighted by atomic mass is 9.64. The molecule has 2 aliphatic rings. The Morgan fingerprint density at radius 2 is 1.38 bits per heavy atom. The summed E-state index contributed by atoms with van der Waals surface area (Å²) in [6.45, 7) is 23.6. The lowest BCUT2D eigenvalue weighted by molar-refractivity contribution is 1.65. The van der Waals surface area contributed by atoms with Crippen molar-refractivity contribution in [3.8, 4) is 0 Å². The van der Waals surface area contributed by atoms with E-state index in [-0.39, 0.29) is 0 Å².